The molecule has 0 bridgehead atoms. The van der Waals surface area contributed by atoms with Crippen molar-refractivity contribution in [3.63, 3.8) is 0 Å². The largest absolute Gasteiger partial charge is 0.316 e. The average Bonchev–Trinajstić information content (AvgIpc) is 2.28. The van der Waals surface area contributed by atoms with Crippen LogP contribution in [0.15, 0.2) is 18.2 Å². The first-order valence-corrected chi connectivity index (χ1v) is 7.88. The summed E-state index contributed by atoms with van der Waals surface area (Å²) in [7, 11) is -3.26. The van der Waals surface area contributed by atoms with E-state index in [4.69, 9.17) is 0 Å². The maximum absolute atomic E-state index is 11.8. The molecular formula is C13H22N2O2S. The van der Waals surface area contributed by atoms with E-state index in [-0.39, 0.29) is 5.75 Å². The Balaban J connectivity index is 2.59. The minimum absolute atomic E-state index is 0.0975. The molecule has 0 fully saturated rings. The molecule has 1 rings (SSSR count). The summed E-state index contributed by atoms with van der Waals surface area (Å²) in [5, 5.41) is 3.08. The molecule has 0 unspecified atom stereocenters. The van der Waals surface area contributed by atoms with Gasteiger partial charge in [-0.1, -0.05) is 24.6 Å². The van der Waals surface area contributed by atoms with Gasteiger partial charge in [-0.25, -0.2) is 8.42 Å². The smallest absolute Gasteiger partial charge is 0.233 e. The number of rotatable bonds is 7. The maximum Gasteiger partial charge on any atom is 0.233 e. The molecular weight excluding hydrogens is 248 g/mol. The van der Waals surface area contributed by atoms with Crippen LogP contribution in [0.3, 0.4) is 0 Å². The summed E-state index contributed by atoms with van der Waals surface area (Å²) < 4.78 is 26.3. The first-order valence-electron chi connectivity index (χ1n) is 6.23. The predicted octanol–water partition coefficient (Wildman–Crippen LogP) is 2.04. The minimum Gasteiger partial charge on any atom is -0.316 e. The predicted molar refractivity (Wildman–Crippen MR) is 76.5 cm³/mol. The Morgan fingerprint density at radius 1 is 1.17 bits per heavy atom. The highest BCUT2D eigenvalue weighted by Crippen LogP contribution is 2.17. The fraction of sp³-hybridized carbons (Fsp3) is 0.538. The Morgan fingerprint density at radius 2 is 1.89 bits per heavy atom. The minimum atomic E-state index is -3.26. The molecule has 0 heterocycles. The van der Waals surface area contributed by atoms with Crippen LogP contribution in [0.5, 0.6) is 0 Å². The van der Waals surface area contributed by atoms with Gasteiger partial charge in [-0.15, -0.1) is 0 Å². The van der Waals surface area contributed by atoms with E-state index in [1.54, 1.807) is 0 Å². The second-order valence-corrected chi connectivity index (χ2v) is 6.33. The van der Waals surface area contributed by atoms with Crippen molar-refractivity contribution in [2.75, 3.05) is 23.6 Å². The van der Waals surface area contributed by atoms with Crippen LogP contribution in [-0.2, 0) is 10.0 Å². The van der Waals surface area contributed by atoms with E-state index < -0.39 is 10.0 Å². The van der Waals surface area contributed by atoms with Crippen LogP contribution < -0.4 is 10.0 Å². The zero-order valence-corrected chi connectivity index (χ0v) is 12.1. The second kappa shape index (κ2) is 6.75. The lowest BCUT2D eigenvalue weighted by Gasteiger charge is -2.11. The fourth-order valence-corrected chi connectivity index (χ4v) is 2.73. The molecule has 0 atom stereocenters. The highest BCUT2D eigenvalue weighted by atomic mass is 32.2. The summed E-state index contributed by atoms with van der Waals surface area (Å²) in [5.74, 6) is 0.0975. The molecule has 18 heavy (non-hydrogen) atoms. The highest BCUT2D eigenvalue weighted by molar-refractivity contribution is 7.92. The molecule has 0 aromatic heterocycles. The summed E-state index contributed by atoms with van der Waals surface area (Å²) in [6.07, 6.45) is 1.00. The number of nitrogens with one attached hydrogen (secondary N) is 2. The summed E-state index contributed by atoms with van der Waals surface area (Å²) >= 11 is 0. The Hall–Kier alpha value is -1.07. The van der Waals surface area contributed by atoms with Crippen LogP contribution in [0.2, 0.25) is 0 Å². The molecule has 0 aliphatic heterocycles. The molecule has 0 amide bonds. The normalized spacial score (nSPS) is 11.5. The van der Waals surface area contributed by atoms with E-state index in [2.05, 4.69) is 17.0 Å². The zero-order chi connectivity index (χ0) is 13.6. The van der Waals surface area contributed by atoms with Crippen molar-refractivity contribution in [1.29, 1.82) is 0 Å². The Morgan fingerprint density at radius 3 is 2.50 bits per heavy atom. The van der Waals surface area contributed by atoms with Gasteiger partial charge in [0.1, 0.15) is 0 Å². The van der Waals surface area contributed by atoms with Gasteiger partial charge in [0, 0.05) is 6.54 Å². The van der Waals surface area contributed by atoms with Gasteiger partial charge in [-0.3, -0.25) is 4.72 Å². The van der Waals surface area contributed by atoms with Crippen molar-refractivity contribution in [3.05, 3.63) is 29.3 Å². The van der Waals surface area contributed by atoms with Crippen molar-refractivity contribution in [2.24, 2.45) is 0 Å². The third-order valence-corrected chi connectivity index (χ3v) is 3.89. The number of anilines is 1. The maximum atomic E-state index is 11.8. The molecule has 0 saturated heterocycles. The molecule has 2 N–H and O–H groups in total. The topological polar surface area (TPSA) is 58.2 Å². The van der Waals surface area contributed by atoms with E-state index in [1.807, 2.05) is 32.0 Å². The third-order valence-electron chi connectivity index (χ3n) is 2.62. The van der Waals surface area contributed by atoms with Gasteiger partial charge < -0.3 is 5.32 Å². The standard InChI is InChI=1S/C13H22N2O2S/c1-4-7-14-8-9-18(16,17)15-13-6-5-11(2)10-12(13)3/h5-6,10,14-15H,4,7-9H2,1-3H3. The molecule has 0 aliphatic carbocycles. The third kappa shape index (κ3) is 5.06. The number of hydrogen-bond acceptors (Lipinski definition) is 3. The van der Waals surface area contributed by atoms with E-state index in [1.165, 1.54) is 0 Å². The lowest BCUT2D eigenvalue weighted by Crippen LogP contribution is -2.27. The van der Waals surface area contributed by atoms with Crippen LogP contribution in [0.25, 0.3) is 0 Å². The van der Waals surface area contributed by atoms with E-state index in [9.17, 15) is 8.42 Å². The van der Waals surface area contributed by atoms with Crippen molar-refractivity contribution in [2.45, 2.75) is 27.2 Å². The van der Waals surface area contributed by atoms with Gasteiger partial charge in [0.15, 0.2) is 0 Å². The first-order chi connectivity index (χ1) is 8.44. The number of sulfonamides is 1. The Kier molecular flexibility index (Phi) is 5.62. The van der Waals surface area contributed by atoms with E-state index >= 15 is 0 Å². The van der Waals surface area contributed by atoms with Crippen LogP contribution >= 0.6 is 0 Å². The van der Waals surface area contributed by atoms with Gasteiger partial charge >= 0.3 is 0 Å². The van der Waals surface area contributed by atoms with Crippen LogP contribution in [0, 0.1) is 13.8 Å². The van der Waals surface area contributed by atoms with E-state index in [0.29, 0.717) is 12.2 Å². The van der Waals surface area contributed by atoms with Gasteiger partial charge in [0.25, 0.3) is 0 Å². The number of hydrogen-bond donors (Lipinski definition) is 2. The zero-order valence-electron chi connectivity index (χ0n) is 11.3. The molecule has 0 spiro atoms. The number of benzene rings is 1. The van der Waals surface area contributed by atoms with Crippen molar-refractivity contribution < 1.29 is 8.42 Å². The van der Waals surface area contributed by atoms with Crippen molar-refractivity contribution in [1.82, 2.24) is 5.32 Å². The molecule has 1 aromatic rings. The fourth-order valence-electron chi connectivity index (χ4n) is 1.65. The van der Waals surface area contributed by atoms with E-state index in [0.717, 1.165) is 24.1 Å². The van der Waals surface area contributed by atoms with Crippen LogP contribution in [0.4, 0.5) is 5.69 Å². The molecule has 0 aliphatic rings. The summed E-state index contributed by atoms with van der Waals surface area (Å²) in [6, 6.07) is 5.68. The monoisotopic (exact) mass is 270 g/mol. The first kappa shape index (κ1) is 15.0. The molecule has 102 valence electrons. The van der Waals surface area contributed by atoms with Gasteiger partial charge in [-0.05, 0) is 38.4 Å². The quantitative estimate of drug-likeness (QED) is 0.746. The molecule has 0 saturated carbocycles. The van der Waals surface area contributed by atoms with Crippen molar-refractivity contribution >= 4 is 15.7 Å². The van der Waals surface area contributed by atoms with Gasteiger partial charge in [0.05, 0.1) is 11.4 Å². The molecule has 1 aromatic carbocycles. The second-order valence-electron chi connectivity index (χ2n) is 4.49. The lowest BCUT2D eigenvalue weighted by atomic mass is 10.1. The molecule has 5 heteroatoms. The number of aryl methyl sites for hydroxylation is 2. The Labute approximate surface area is 110 Å². The highest BCUT2D eigenvalue weighted by Gasteiger charge is 2.11. The van der Waals surface area contributed by atoms with Crippen LogP contribution in [-0.4, -0.2) is 27.3 Å². The summed E-state index contributed by atoms with van der Waals surface area (Å²) in [4.78, 5) is 0. The van der Waals surface area contributed by atoms with Crippen molar-refractivity contribution in [3.8, 4) is 0 Å². The average molecular weight is 270 g/mol. The summed E-state index contributed by atoms with van der Waals surface area (Å²) in [6.45, 7) is 7.27. The molecule has 4 nitrogen and oxygen atoms in total. The van der Waals surface area contributed by atoms with Gasteiger partial charge in [0.2, 0.25) is 10.0 Å². The lowest BCUT2D eigenvalue weighted by molar-refractivity contribution is 0.595. The van der Waals surface area contributed by atoms with Gasteiger partial charge in [-0.2, -0.15) is 0 Å². The summed E-state index contributed by atoms with van der Waals surface area (Å²) in [5.41, 5.74) is 2.73. The van der Waals surface area contributed by atoms with Crippen LogP contribution in [0.1, 0.15) is 24.5 Å². The SMILES string of the molecule is CCCNCCS(=O)(=O)Nc1ccc(C)cc1C. The Bertz CT molecular complexity index is 484. The molecule has 0 radical (unpaired) electrons.